The van der Waals surface area contributed by atoms with Crippen LogP contribution in [0.15, 0.2) is 30.8 Å². The second-order valence-electron chi connectivity index (χ2n) is 2.83. The Morgan fingerprint density at radius 3 is 2.71 bits per heavy atom. The van der Waals surface area contributed by atoms with Gasteiger partial charge in [-0.3, -0.25) is 0 Å². The minimum Gasteiger partial charge on any atom is -0.465 e. The van der Waals surface area contributed by atoms with Crippen molar-refractivity contribution in [2.24, 2.45) is 5.73 Å². The van der Waals surface area contributed by atoms with E-state index in [2.05, 4.69) is 11.3 Å². The topological polar surface area (TPSA) is 52.3 Å². The van der Waals surface area contributed by atoms with Crippen molar-refractivity contribution in [3.05, 3.63) is 42.0 Å². The fourth-order valence-corrected chi connectivity index (χ4v) is 1.23. The summed E-state index contributed by atoms with van der Waals surface area (Å²) >= 11 is 0. The molecule has 0 bridgehead atoms. The molecule has 3 nitrogen and oxygen atoms in total. The summed E-state index contributed by atoms with van der Waals surface area (Å²) in [5, 5.41) is 0. The zero-order valence-corrected chi connectivity index (χ0v) is 8.12. The third-order valence-corrected chi connectivity index (χ3v) is 1.99. The molecule has 0 aliphatic rings. The molecule has 0 spiro atoms. The van der Waals surface area contributed by atoms with E-state index in [-0.39, 0.29) is 0 Å². The zero-order valence-electron chi connectivity index (χ0n) is 8.12. The van der Waals surface area contributed by atoms with E-state index < -0.39 is 5.97 Å². The van der Waals surface area contributed by atoms with E-state index in [0.717, 1.165) is 11.1 Å². The molecule has 1 aromatic rings. The van der Waals surface area contributed by atoms with E-state index in [1.54, 1.807) is 6.07 Å². The van der Waals surface area contributed by atoms with Crippen molar-refractivity contribution in [2.75, 3.05) is 7.11 Å². The molecular formula is C11H13NO2. The lowest BCUT2D eigenvalue weighted by molar-refractivity contribution is -0.133. The number of nitrogens with two attached hydrogens (primary N) is 1. The summed E-state index contributed by atoms with van der Waals surface area (Å²) in [5.41, 5.74) is 7.52. The number of esters is 1. The zero-order chi connectivity index (χ0) is 10.6. The molecule has 3 heteroatoms. The summed E-state index contributed by atoms with van der Waals surface area (Å²) in [5.74, 6) is -0.425. The van der Waals surface area contributed by atoms with Gasteiger partial charge >= 0.3 is 5.97 Å². The summed E-state index contributed by atoms with van der Waals surface area (Å²) in [7, 11) is 1.33. The van der Waals surface area contributed by atoms with Crippen LogP contribution in [0.5, 0.6) is 0 Å². The van der Waals surface area contributed by atoms with Gasteiger partial charge in [-0.25, -0.2) is 4.79 Å². The van der Waals surface area contributed by atoms with Crippen molar-refractivity contribution in [3.8, 4) is 0 Å². The minimum absolute atomic E-state index is 0.341. The van der Waals surface area contributed by atoms with Crippen LogP contribution in [-0.2, 0) is 16.1 Å². The van der Waals surface area contributed by atoms with Gasteiger partial charge in [0, 0.05) is 6.54 Å². The number of hydrogen-bond acceptors (Lipinski definition) is 3. The molecule has 0 saturated heterocycles. The predicted octanol–water partition coefficient (Wildman–Crippen LogP) is 1.33. The molecular weight excluding hydrogens is 178 g/mol. The van der Waals surface area contributed by atoms with Gasteiger partial charge < -0.3 is 10.5 Å². The molecule has 0 radical (unpaired) electrons. The van der Waals surface area contributed by atoms with E-state index >= 15 is 0 Å². The van der Waals surface area contributed by atoms with Crippen LogP contribution in [0.4, 0.5) is 0 Å². The molecule has 0 aliphatic heterocycles. The maximum absolute atomic E-state index is 11.2. The first-order valence-electron chi connectivity index (χ1n) is 4.26. The lowest BCUT2D eigenvalue weighted by Gasteiger charge is -2.08. The Labute approximate surface area is 83.2 Å². The summed E-state index contributed by atoms with van der Waals surface area (Å²) in [6.07, 6.45) is 0. The molecule has 0 unspecified atom stereocenters. The molecule has 0 aliphatic carbocycles. The maximum Gasteiger partial charge on any atom is 0.337 e. The van der Waals surface area contributed by atoms with Crippen LogP contribution in [0.1, 0.15) is 11.1 Å². The van der Waals surface area contributed by atoms with Gasteiger partial charge in [-0.1, -0.05) is 30.8 Å². The highest BCUT2D eigenvalue weighted by molar-refractivity contribution is 6.15. The van der Waals surface area contributed by atoms with Gasteiger partial charge in [0.25, 0.3) is 0 Å². The molecule has 0 aromatic heterocycles. The second-order valence-corrected chi connectivity index (χ2v) is 2.83. The molecule has 0 atom stereocenters. The lowest BCUT2D eigenvalue weighted by atomic mass is 10.0. The smallest absolute Gasteiger partial charge is 0.337 e. The Morgan fingerprint density at radius 1 is 1.50 bits per heavy atom. The van der Waals surface area contributed by atoms with Crippen molar-refractivity contribution in [2.45, 2.75) is 6.54 Å². The van der Waals surface area contributed by atoms with Gasteiger partial charge in [-0.2, -0.15) is 0 Å². The summed E-state index contributed by atoms with van der Waals surface area (Å²) in [4.78, 5) is 11.2. The molecule has 14 heavy (non-hydrogen) atoms. The van der Waals surface area contributed by atoms with Crippen LogP contribution < -0.4 is 5.73 Å². The quantitative estimate of drug-likeness (QED) is 0.579. The van der Waals surface area contributed by atoms with E-state index in [0.29, 0.717) is 12.1 Å². The van der Waals surface area contributed by atoms with Crippen LogP contribution in [0.25, 0.3) is 5.57 Å². The standard InChI is InChI=1S/C11H13NO2/c1-8(11(13)14-2)10-6-4-3-5-9(10)7-12/h3-6H,1,7,12H2,2H3. The molecule has 0 amide bonds. The number of carbonyl (C=O) groups excluding carboxylic acids is 1. The number of carbonyl (C=O) groups is 1. The Morgan fingerprint density at radius 2 is 2.14 bits per heavy atom. The SMILES string of the molecule is C=C(C(=O)OC)c1ccccc1CN. The monoisotopic (exact) mass is 191 g/mol. The number of methoxy groups -OCH3 is 1. The van der Waals surface area contributed by atoms with Crippen molar-refractivity contribution >= 4 is 11.5 Å². The highest BCUT2D eigenvalue weighted by atomic mass is 16.5. The Bertz CT molecular complexity index is 358. The van der Waals surface area contributed by atoms with Crippen molar-refractivity contribution in [1.82, 2.24) is 0 Å². The Kier molecular flexibility index (Phi) is 3.42. The van der Waals surface area contributed by atoms with Gasteiger partial charge in [-0.15, -0.1) is 0 Å². The van der Waals surface area contributed by atoms with Crippen molar-refractivity contribution in [3.63, 3.8) is 0 Å². The number of hydrogen-bond donors (Lipinski definition) is 1. The third-order valence-electron chi connectivity index (χ3n) is 1.99. The van der Waals surface area contributed by atoms with E-state index in [1.807, 2.05) is 18.2 Å². The third kappa shape index (κ3) is 2.00. The van der Waals surface area contributed by atoms with Crippen LogP contribution in [0.3, 0.4) is 0 Å². The molecule has 0 fully saturated rings. The molecule has 1 aromatic carbocycles. The second kappa shape index (κ2) is 4.58. The molecule has 0 saturated carbocycles. The molecule has 2 N–H and O–H groups in total. The van der Waals surface area contributed by atoms with Gasteiger partial charge in [0.1, 0.15) is 0 Å². The number of rotatable bonds is 3. The molecule has 1 rings (SSSR count). The maximum atomic E-state index is 11.2. The fraction of sp³-hybridized carbons (Fsp3) is 0.182. The van der Waals surface area contributed by atoms with E-state index in [9.17, 15) is 4.79 Å². The lowest BCUT2D eigenvalue weighted by Crippen LogP contribution is -2.07. The van der Waals surface area contributed by atoms with Crippen LogP contribution in [0.2, 0.25) is 0 Å². The first-order valence-corrected chi connectivity index (χ1v) is 4.26. The van der Waals surface area contributed by atoms with Gasteiger partial charge in [-0.05, 0) is 11.1 Å². The first kappa shape index (κ1) is 10.5. The summed E-state index contributed by atoms with van der Waals surface area (Å²) in [6, 6.07) is 7.38. The van der Waals surface area contributed by atoms with Crippen LogP contribution in [-0.4, -0.2) is 13.1 Å². The Balaban J connectivity index is 3.06. The highest BCUT2D eigenvalue weighted by Gasteiger charge is 2.11. The number of ether oxygens (including phenoxy) is 1. The van der Waals surface area contributed by atoms with Gasteiger partial charge in [0.2, 0.25) is 0 Å². The number of benzene rings is 1. The first-order chi connectivity index (χ1) is 6.70. The Hall–Kier alpha value is -1.61. The van der Waals surface area contributed by atoms with Gasteiger partial charge in [0.15, 0.2) is 0 Å². The highest BCUT2D eigenvalue weighted by Crippen LogP contribution is 2.18. The average molecular weight is 191 g/mol. The van der Waals surface area contributed by atoms with Crippen molar-refractivity contribution < 1.29 is 9.53 Å². The minimum atomic E-state index is -0.425. The predicted molar refractivity (Wildman–Crippen MR) is 55.4 cm³/mol. The summed E-state index contributed by atoms with van der Waals surface area (Å²) < 4.78 is 4.59. The van der Waals surface area contributed by atoms with Crippen LogP contribution in [0, 0.1) is 0 Å². The summed E-state index contributed by atoms with van der Waals surface area (Å²) in [6.45, 7) is 4.06. The largest absolute Gasteiger partial charge is 0.465 e. The van der Waals surface area contributed by atoms with Gasteiger partial charge in [0.05, 0.1) is 12.7 Å². The fourth-order valence-electron chi connectivity index (χ4n) is 1.23. The van der Waals surface area contributed by atoms with E-state index in [1.165, 1.54) is 7.11 Å². The van der Waals surface area contributed by atoms with Crippen molar-refractivity contribution in [1.29, 1.82) is 0 Å². The normalized spacial score (nSPS) is 9.57. The van der Waals surface area contributed by atoms with E-state index in [4.69, 9.17) is 5.73 Å². The van der Waals surface area contributed by atoms with Crippen LogP contribution >= 0.6 is 0 Å². The average Bonchev–Trinajstić information content (AvgIpc) is 2.26. The molecule has 74 valence electrons. The molecule has 0 heterocycles.